The lowest BCUT2D eigenvalue weighted by atomic mass is 9.78. The molecule has 4 aliphatic heterocycles. The fourth-order valence-electron chi connectivity index (χ4n) is 5.81. The number of cyclic esters (lactones) is 1. The van der Waals surface area contributed by atoms with Gasteiger partial charge in [-0.25, -0.2) is 0 Å². The summed E-state index contributed by atoms with van der Waals surface area (Å²) in [5, 5.41) is 9.63. The standard InChI is InChI=1S/C26H29ClN2O6/c27-17-8-10-18(11-9-17)28-14-6-12-26-21(20-19(35-26)7-5-16-34-25(20)33)23(31)29(22(26)24(28)32)13-3-1-2-4-15-30/h5-12,19-22,30H,1-4,13-16H2/t19-,20+,21+,22?,26+/m1/s1. The van der Waals surface area contributed by atoms with Gasteiger partial charge in [0.25, 0.3) is 5.91 Å². The van der Waals surface area contributed by atoms with E-state index in [1.807, 2.05) is 12.2 Å². The summed E-state index contributed by atoms with van der Waals surface area (Å²) in [5.41, 5.74) is -0.581. The third-order valence-electron chi connectivity index (χ3n) is 7.36. The van der Waals surface area contributed by atoms with E-state index < -0.39 is 35.6 Å². The predicted octanol–water partition coefficient (Wildman–Crippen LogP) is 2.49. The maximum absolute atomic E-state index is 14.1. The van der Waals surface area contributed by atoms with E-state index in [2.05, 4.69) is 0 Å². The second-order valence-electron chi connectivity index (χ2n) is 9.40. The molecule has 1 N–H and O–H groups in total. The summed E-state index contributed by atoms with van der Waals surface area (Å²) >= 11 is 6.06. The average Bonchev–Trinajstić information content (AvgIpc) is 3.14. The maximum atomic E-state index is 14.1. The zero-order valence-electron chi connectivity index (χ0n) is 19.3. The number of rotatable bonds is 7. The predicted molar refractivity (Wildman–Crippen MR) is 129 cm³/mol. The van der Waals surface area contributed by atoms with Crippen LogP contribution in [0.3, 0.4) is 0 Å². The van der Waals surface area contributed by atoms with Gasteiger partial charge in [0.2, 0.25) is 5.91 Å². The Morgan fingerprint density at radius 3 is 2.57 bits per heavy atom. The van der Waals surface area contributed by atoms with Gasteiger partial charge in [0.05, 0.1) is 12.0 Å². The number of halogens is 1. The number of likely N-dealkylation sites (tertiary alicyclic amines) is 1. The summed E-state index contributed by atoms with van der Waals surface area (Å²) in [7, 11) is 0. The van der Waals surface area contributed by atoms with Gasteiger partial charge in [-0.1, -0.05) is 42.7 Å². The number of benzene rings is 1. The normalized spacial score (nSPS) is 31.7. The number of hydrogen-bond donors (Lipinski definition) is 1. The molecule has 2 fully saturated rings. The summed E-state index contributed by atoms with van der Waals surface area (Å²) < 4.78 is 11.8. The van der Waals surface area contributed by atoms with Crippen molar-refractivity contribution >= 4 is 35.1 Å². The van der Waals surface area contributed by atoms with Crippen LogP contribution in [0.15, 0.2) is 48.6 Å². The highest BCUT2D eigenvalue weighted by molar-refractivity contribution is 6.30. The molecule has 1 unspecified atom stereocenters. The molecule has 35 heavy (non-hydrogen) atoms. The van der Waals surface area contributed by atoms with Crippen molar-refractivity contribution in [3.63, 3.8) is 0 Å². The SMILES string of the molecule is O=C1OCC=C[C@H]2O[C@]34C=CCN(c5ccc(Cl)cc5)C(=O)C3N(CCCCCCO)C(=O)[C@@H]4[C@@H]12. The van der Waals surface area contributed by atoms with E-state index in [1.54, 1.807) is 46.2 Å². The molecule has 8 nitrogen and oxygen atoms in total. The molecule has 186 valence electrons. The molecule has 5 rings (SSSR count). The van der Waals surface area contributed by atoms with Gasteiger partial charge in [0.1, 0.15) is 24.2 Å². The van der Waals surface area contributed by atoms with E-state index in [-0.39, 0.29) is 25.0 Å². The van der Waals surface area contributed by atoms with Gasteiger partial charge < -0.3 is 24.4 Å². The van der Waals surface area contributed by atoms with Crippen LogP contribution >= 0.6 is 11.6 Å². The second-order valence-corrected chi connectivity index (χ2v) is 9.83. The quantitative estimate of drug-likeness (QED) is 0.351. The average molecular weight is 501 g/mol. The molecule has 9 heteroatoms. The fraction of sp³-hybridized carbons (Fsp3) is 0.500. The van der Waals surface area contributed by atoms with Gasteiger partial charge in [-0.15, -0.1) is 0 Å². The Balaban J connectivity index is 1.52. The number of ether oxygens (including phenoxy) is 2. The molecule has 2 saturated heterocycles. The summed E-state index contributed by atoms with van der Waals surface area (Å²) in [6.07, 6.45) is 9.55. The largest absolute Gasteiger partial charge is 0.461 e. The molecular formula is C26H29ClN2O6. The van der Waals surface area contributed by atoms with Crippen molar-refractivity contribution in [1.29, 1.82) is 0 Å². The number of amides is 2. The number of esters is 1. The lowest BCUT2D eigenvalue weighted by Gasteiger charge is -2.35. The lowest BCUT2D eigenvalue weighted by Crippen LogP contribution is -2.55. The molecule has 4 aliphatic rings. The van der Waals surface area contributed by atoms with E-state index in [9.17, 15) is 14.4 Å². The van der Waals surface area contributed by atoms with Crippen LogP contribution in [0.5, 0.6) is 0 Å². The first kappa shape index (κ1) is 24.0. The molecule has 4 heterocycles. The van der Waals surface area contributed by atoms with Crippen LogP contribution in [-0.2, 0) is 23.9 Å². The second kappa shape index (κ2) is 9.76. The van der Waals surface area contributed by atoms with Gasteiger partial charge >= 0.3 is 5.97 Å². The van der Waals surface area contributed by atoms with Crippen molar-refractivity contribution in [2.75, 3.05) is 31.2 Å². The Kier molecular flexibility index (Phi) is 6.70. The fourth-order valence-corrected chi connectivity index (χ4v) is 5.94. The van der Waals surface area contributed by atoms with E-state index in [4.69, 9.17) is 26.2 Å². The highest BCUT2D eigenvalue weighted by Crippen LogP contribution is 2.53. The van der Waals surface area contributed by atoms with Crippen LogP contribution in [0.4, 0.5) is 5.69 Å². The highest BCUT2D eigenvalue weighted by atomic mass is 35.5. The van der Waals surface area contributed by atoms with E-state index in [0.29, 0.717) is 36.6 Å². The highest BCUT2D eigenvalue weighted by Gasteiger charge is 2.71. The number of nitrogens with zero attached hydrogens (tertiary/aromatic N) is 2. The van der Waals surface area contributed by atoms with Gasteiger partial charge in [0, 0.05) is 30.4 Å². The number of aliphatic hydroxyl groups is 1. The van der Waals surface area contributed by atoms with E-state index in [0.717, 1.165) is 12.8 Å². The number of carbonyl (C=O) groups is 3. The molecule has 0 aromatic heterocycles. The van der Waals surface area contributed by atoms with Gasteiger partial charge in [-0.05, 0) is 43.2 Å². The van der Waals surface area contributed by atoms with Crippen LogP contribution < -0.4 is 4.90 Å². The first-order valence-corrected chi connectivity index (χ1v) is 12.5. The van der Waals surface area contributed by atoms with Crippen molar-refractivity contribution in [3.05, 3.63) is 53.6 Å². The molecule has 1 aromatic rings. The van der Waals surface area contributed by atoms with Crippen molar-refractivity contribution in [1.82, 2.24) is 4.90 Å². The van der Waals surface area contributed by atoms with E-state index >= 15 is 0 Å². The Bertz CT molecular complexity index is 1060. The first-order valence-electron chi connectivity index (χ1n) is 12.1. The molecule has 0 radical (unpaired) electrons. The molecular weight excluding hydrogens is 472 g/mol. The number of hydrogen-bond acceptors (Lipinski definition) is 6. The zero-order chi connectivity index (χ0) is 24.6. The monoisotopic (exact) mass is 500 g/mol. The van der Waals surface area contributed by atoms with Crippen LogP contribution in [-0.4, -0.2) is 71.8 Å². The number of anilines is 1. The number of unbranched alkanes of at least 4 members (excludes halogenated alkanes) is 3. The van der Waals surface area contributed by atoms with E-state index in [1.165, 1.54) is 0 Å². The summed E-state index contributed by atoms with van der Waals surface area (Å²) in [4.78, 5) is 44.1. The summed E-state index contributed by atoms with van der Waals surface area (Å²) in [5.74, 6) is -2.62. The van der Waals surface area contributed by atoms with Crippen molar-refractivity contribution in [2.45, 2.75) is 43.4 Å². The Morgan fingerprint density at radius 2 is 1.80 bits per heavy atom. The molecule has 0 saturated carbocycles. The zero-order valence-corrected chi connectivity index (χ0v) is 20.1. The first-order chi connectivity index (χ1) is 17.0. The molecule has 1 aromatic carbocycles. The third kappa shape index (κ3) is 4.07. The van der Waals surface area contributed by atoms with Gasteiger partial charge in [-0.3, -0.25) is 14.4 Å². The third-order valence-corrected chi connectivity index (χ3v) is 7.61. The van der Waals surface area contributed by atoms with Crippen molar-refractivity contribution < 1.29 is 29.0 Å². The van der Waals surface area contributed by atoms with Crippen LogP contribution in [0.25, 0.3) is 0 Å². The van der Waals surface area contributed by atoms with Crippen molar-refractivity contribution in [2.24, 2.45) is 11.8 Å². The summed E-state index contributed by atoms with van der Waals surface area (Å²) in [6.45, 7) is 0.943. The molecule has 5 atom stereocenters. The minimum atomic E-state index is -1.25. The van der Waals surface area contributed by atoms with Crippen LogP contribution in [0.2, 0.25) is 5.02 Å². The van der Waals surface area contributed by atoms with Crippen LogP contribution in [0, 0.1) is 11.8 Å². The Morgan fingerprint density at radius 1 is 1.03 bits per heavy atom. The molecule has 0 bridgehead atoms. The van der Waals surface area contributed by atoms with Crippen LogP contribution in [0.1, 0.15) is 25.7 Å². The lowest BCUT2D eigenvalue weighted by molar-refractivity contribution is -0.152. The summed E-state index contributed by atoms with van der Waals surface area (Å²) in [6, 6.07) is 6.10. The molecule has 0 aliphatic carbocycles. The van der Waals surface area contributed by atoms with Gasteiger partial charge in [0.15, 0.2) is 0 Å². The maximum Gasteiger partial charge on any atom is 0.313 e. The Hall–Kier alpha value is -2.68. The molecule has 2 amide bonds. The Labute approximate surface area is 209 Å². The minimum Gasteiger partial charge on any atom is -0.461 e. The van der Waals surface area contributed by atoms with Crippen molar-refractivity contribution in [3.8, 4) is 0 Å². The number of carbonyl (C=O) groups excluding carboxylic acids is 3. The van der Waals surface area contributed by atoms with Gasteiger partial charge in [-0.2, -0.15) is 0 Å². The minimum absolute atomic E-state index is 0.127. The number of fused-ring (bicyclic) bond motifs is 2. The topological polar surface area (TPSA) is 96.4 Å². The molecule has 1 spiro atoms. The number of aliphatic hydroxyl groups excluding tert-OH is 1. The smallest absolute Gasteiger partial charge is 0.313 e.